The lowest BCUT2D eigenvalue weighted by atomic mass is 10.1. The molecule has 0 bridgehead atoms. The summed E-state index contributed by atoms with van der Waals surface area (Å²) in [6.07, 6.45) is 1.72. The van der Waals surface area contributed by atoms with E-state index in [0.717, 1.165) is 10.6 Å². The van der Waals surface area contributed by atoms with Crippen LogP contribution in [-0.4, -0.2) is 50.0 Å². The number of hydrogen-bond acceptors (Lipinski definition) is 4. The molecule has 0 aliphatic heterocycles. The van der Waals surface area contributed by atoms with Crippen molar-refractivity contribution < 1.29 is 22.4 Å². The van der Waals surface area contributed by atoms with Crippen LogP contribution in [-0.2, 0) is 26.2 Å². The van der Waals surface area contributed by atoms with Crippen LogP contribution in [0.25, 0.3) is 0 Å². The Labute approximate surface area is 205 Å². The number of hydrogen-bond donors (Lipinski definition) is 1. The number of carbonyl (C=O) groups excluding carboxylic acids is 2. The normalized spacial score (nSPS) is 13.1. The minimum Gasteiger partial charge on any atom is -0.352 e. The Morgan fingerprint density at radius 3 is 2.26 bits per heavy atom. The fourth-order valence-corrected chi connectivity index (χ4v) is 4.46. The highest BCUT2D eigenvalue weighted by Gasteiger charge is 2.31. The molecular weight excluding hydrogens is 481 g/mol. The van der Waals surface area contributed by atoms with E-state index in [1.165, 1.54) is 35.2 Å². The molecule has 0 saturated carbocycles. The number of nitrogens with zero attached hydrogens (tertiary/aromatic N) is 2. The number of halogens is 2. The molecule has 2 aromatic carbocycles. The van der Waals surface area contributed by atoms with E-state index in [0.29, 0.717) is 28.3 Å². The summed E-state index contributed by atoms with van der Waals surface area (Å²) in [7, 11) is -3.84. The second-order valence-electron chi connectivity index (χ2n) is 8.34. The maximum absolute atomic E-state index is 13.5. The van der Waals surface area contributed by atoms with E-state index in [1.54, 1.807) is 26.0 Å². The molecule has 7 nitrogen and oxygen atoms in total. The smallest absolute Gasteiger partial charge is 0.244 e. The van der Waals surface area contributed by atoms with Crippen molar-refractivity contribution in [2.45, 2.75) is 52.7 Å². The van der Waals surface area contributed by atoms with Gasteiger partial charge in [0, 0.05) is 17.6 Å². The van der Waals surface area contributed by atoms with Crippen molar-refractivity contribution >= 4 is 39.1 Å². The first-order chi connectivity index (χ1) is 15.8. The number of aryl methyl sites for hydroxylation is 1. The highest BCUT2D eigenvalue weighted by atomic mass is 35.5. The van der Waals surface area contributed by atoms with Gasteiger partial charge in [-0.3, -0.25) is 13.9 Å². The molecule has 0 spiro atoms. The van der Waals surface area contributed by atoms with Crippen LogP contribution in [0.5, 0.6) is 0 Å². The molecule has 2 rings (SSSR count). The SMILES string of the molecule is CC[C@H](C)NC(=O)[C@H](C)N(Cc1ccc(F)cc1)C(=O)CN(c1ccc(Cl)cc1C)S(C)(=O)=O. The van der Waals surface area contributed by atoms with E-state index in [9.17, 15) is 22.4 Å². The number of nitrogens with one attached hydrogen (secondary N) is 1. The van der Waals surface area contributed by atoms with Crippen molar-refractivity contribution in [1.82, 2.24) is 10.2 Å². The summed E-state index contributed by atoms with van der Waals surface area (Å²) in [5, 5.41) is 3.29. The summed E-state index contributed by atoms with van der Waals surface area (Å²) in [6.45, 7) is 6.55. The average molecular weight is 512 g/mol. The van der Waals surface area contributed by atoms with Crippen molar-refractivity contribution in [2.75, 3.05) is 17.1 Å². The van der Waals surface area contributed by atoms with Crippen molar-refractivity contribution in [3.8, 4) is 0 Å². The molecule has 186 valence electrons. The van der Waals surface area contributed by atoms with Gasteiger partial charge in [-0.1, -0.05) is 30.7 Å². The highest BCUT2D eigenvalue weighted by molar-refractivity contribution is 7.92. The number of amides is 2. The predicted octanol–water partition coefficient (Wildman–Crippen LogP) is 3.89. The Hall–Kier alpha value is -2.65. The molecule has 0 unspecified atom stereocenters. The Morgan fingerprint density at radius 1 is 1.12 bits per heavy atom. The van der Waals surface area contributed by atoms with Gasteiger partial charge in [0.25, 0.3) is 0 Å². The highest BCUT2D eigenvalue weighted by Crippen LogP contribution is 2.26. The van der Waals surface area contributed by atoms with Crippen molar-refractivity contribution in [3.63, 3.8) is 0 Å². The van der Waals surface area contributed by atoms with Crippen molar-refractivity contribution in [3.05, 3.63) is 64.4 Å². The van der Waals surface area contributed by atoms with Gasteiger partial charge < -0.3 is 10.2 Å². The molecule has 0 aliphatic rings. The van der Waals surface area contributed by atoms with Crippen molar-refractivity contribution in [2.24, 2.45) is 0 Å². The molecule has 10 heteroatoms. The van der Waals surface area contributed by atoms with Crippen LogP contribution in [0.1, 0.15) is 38.3 Å². The molecular formula is C24H31ClFN3O4S. The van der Waals surface area contributed by atoms with Crippen LogP contribution >= 0.6 is 11.6 Å². The van der Waals surface area contributed by atoms with E-state index >= 15 is 0 Å². The summed E-state index contributed by atoms with van der Waals surface area (Å²) in [6, 6.07) is 9.28. The van der Waals surface area contributed by atoms with E-state index in [4.69, 9.17) is 11.6 Å². The van der Waals surface area contributed by atoms with Gasteiger partial charge in [-0.25, -0.2) is 12.8 Å². The zero-order valence-corrected chi connectivity index (χ0v) is 21.6. The first-order valence-corrected chi connectivity index (χ1v) is 13.1. The third-order valence-corrected chi connectivity index (χ3v) is 6.90. The number of sulfonamides is 1. The lowest BCUT2D eigenvalue weighted by Crippen LogP contribution is -2.52. The van der Waals surface area contributed by atoms with E-state index in [2.05, 4.69) is 5.32 Å². The van der Waals surface area contributed by atoms with Gasteiger partial charge in [-0.05, 0) is 68.7 Å². The van der Waals surface area contributed by atoms with Gasteiger partial charge in [-0.2, -0.15) is 0 Å². The fourth-order valence-electron chi connectivity index (χ4n) is 3.33. The number of anilines is 1. The lowest BCUT2D eigenvalue weighted by Gasteiger charge is -2.32. The van der Waals surface area contributed by atoms with Crippen LogP contribution in [0.15, 0.2) is 42.5 Å². The van der Waals surface area contributed by atoms with Gasteiger partial charge in [0.15, 0.2) is 0 Å². The van der Waals surface area contributed by atoms with Gasteiger partial charge in [0.1, 0.15) is 18.4 Å². The quantitative estimate of drug-likeness (QED) is 0.524. The third kappa shape index (κ3) is 7.43. The maximum atomic E-state index is 13.5. The molecule has 2 atom stereocenters. The fraction of sp³-hybridized carbons (Fsp3) is 0.417. The van der Waals surface area contributed by atoms with E-state index in [1.807, 2.05) is 13.8 Å². The van der Waals surface area contributed by atoms with Crippen LogP contribution < -0.4 is 9.62 Å². The minimum absolute atomic E-state index is 0.00536. The summed E-state index contributed by atoms with van der Waals surface area (Å²) in [5.41, 5.74) is 1.50. The zero-order valence-electron chi connectivity index (χ0n) is 20.0. The number of benzene rings is 2. The number of carbonyl (C=O) groups is 2. The molecule has 0 heterocycles. The van der Waals surface area contributed by atoms with Gasteiger partial charge in [0.2, 0.25) is 21.8 Å². The molecule has 0 saturated heterocycles. The van der Waals surface area contributed by atoms with Gasteiger partial charge in [0.05, 0.1) is 11.9 Å². The first kappa shape index (κ1) is 27.6. The topological polar surface area (TPSA) is 86.8 Å². The van der Waals surface area contributed by atoms with Crippen LogP contribution in [0.3, 0.4) is 0 Å². The van der Waals surface area contributed by atoms with E-state index < -0.39 is 34.3 Å². The summed E-state index contributed by atoms with van der Waals surface area (Å²) < 4.78 is 39.6. The Kier molecular flexibility index (Phi) is 9.46. The summed E-state index contributed by atoms with van der Waals surface area (Å²) >= 11 is 6.01. The standard InChI is InChI=1S/C24H31ClFN3O4S/c1-6-17(3)27-24(31)18(4)28(14-19-7-10-21(26)11-8-19)23(30)15-29(34(5,32)33)22-12-9-20(25)13-16(22)2/h7-13,17-18H,6,14-15H2,1-5H3,(H,27,31)/t17-,18-/m0/s1. The Balaban J connectivity index is 2.41. The Bertz CT molecular complexity index is 1130. The largest absolute Gasteiger partial charge is 0.352 e. The molecule has 2 aromatic rings. The summed E-state index contributed by atoms with van der Waals surface area (Å²) in [5.74, 6) is -1.36. The second-order valence-corrected chi connectivity index (χ2v) is 10.7. The molecule has 34 heavy (non-hydrogen) atoms. The minimum atomic E-state index is -3.84. The second kappa shape index (κ2) is 11.7. The molecule has 0 radical (unpaired) electrons. The third-order valence-electron chi connectivity index (χ3n) is 5.54. The average Bonchev–Trinajstić information content (AvgIpc) is 2.76. The number of rotatable bonds is 10. The molecule has 0 aliphatic carbocycles. The van der Waals surface area contributed by atoms with Crippen LogP contribution in [0, 0.1) is 12.7 Å². The maximum Gasteiger partial charge on any atom is 0.244 e. The molecule has 0 fully saturated rings. The molecule has 1 N–H and O–H groups in total. The Morgan fingerprint density at radius 2 is 1.74 bits per heavy atom. The van der Waals surface area contributed by atoms with Gasteiger partial charge in [-0.15, -0.1) is 0 Å². The zero-order chi connectivity index (χ0) is 25.6. The molecule has 0 aromatic heterocycles. The molecule has 2 amide bonds. The van der Waals surface area contributed by atoms with Gasteiger partial charge >= 0.3 is 0 Å². The lowest BCUT2D eigenvalue weighted by molar-refractivity contribution is -0.139. The predicted molar refractivity (Wildman–Crippen MR) is 133 cm³/mol. The van der Waals surface area contributed by atoms with Crippen molar-refractivity contribution in [1.29, 1.82) is 0 Å². The van der Waals surface area contributed by atoms with E-state index in [-0.39, 0.29) is 18.5 Å². The van der Waals surface area contributed by atoms with Crippen LogP contribution in [0.2, 0.25) is 5.02 Å². The first-order valence-electron chi connectivity index (χ1n) is 10.9. The van der Waals surface area contributed by atoms with Crippen LogP contribution in [0.4, 0.5) is 10.1 Å². The monoisotopic (exact) mass is 511 g/mol. The summed E-state index contributed by atoms with van der Waals surface area (Å²) in [4.78, 5) is 27.6.